The first kappa shape index (κ1) is 18.8. The Morgan fingerprint density at radius 2 is 2.12 bits per heavy atom. The predicted octanol–water partition coefficient (Wildman–Crippen LogP) is 2.25. The van der Waals surface area contributed by atoms with Crippen molar-refractivity contribution in [2.75, 3.05) is 20.1 Å². The van der Waals surface area contributed by atoms with Crippen LogP contribution in [0.2, 0.25) is 0 Å². The molecule has 1 aliphatic rings. The van der Waals surface area contributed by atoms with Gasteiger partial charge in [0.15, 0.2) is 5.96 Å². The van der Waals surface area contributed by atoms with Crippen molar-refractivity contribution < 1.29 is 5.11 Å². The zero-order chi connectivity index (χ0) is 17.7. The van der Waals surface area contributed by atoms with E-state index in [4.69, 9.17) is 4.99 Å². The van der Waals surface area contributed by atoms with Gasteiger partial charge in [-0.2, -0.15) is 5.10 Å². The summed E-state index contributed by atoms with van der Waals surface area (Å²) in [5, 5.41) is 18.4. The van der Waals surface area contributed by atoms with E-state index in [2.05, 4.69) is 42.3 Å². The van der Waals surface area contributed by atoms with E-state index in [0.29, 0.717) is 12.5 Å². The topological polar surface area (TPSA) is 65.7 Å². The van der Waals surface area contributed by atoms with Crippen LogP contribution in [0.5, 0.6) is 0 Å². The summed E-state index contributed by atoms with van der Waals surface area (Å²) in [6.07, 6.45) is 6.01. The fourth-order valence-corrected chi connectivity index (χ4v) is 3.38. The zero-order valence-corrected chi connectivity index (χ0v) is 15.8. The highest BCUT2D eigenvalue weighted by molar-refractivity contribution is 5.79. The number of aliphatic imine (C=N–C) groups is 1. The van der Waals surface area contributed by atoms with Crippen molar-refractivity contribution >= 4 is 5.96 Å². The van der Waals surface area contributed by atoms with Crippen LogP contribution in [0.15, 0.2) is 11.2 Å². The Labute approximate surface area is 146 Å². The highest BCUT2D eigenvalue weighted by Gasteiger charge is 2.31. The molecule has 0 radical (unpaired) electrons. The maximum atomic E-state index is 10.5. The van der Waals surface area contributed by atoms with Crippen molar-refractivity contribution in [1.29, 1.82) is 0 Å². The average molecular weight is 335 g/mol. The molecule has 136 valence electrons. The maximum absolute atomic E-state index is 10.5. The van der Waals surface area contributed by atoms with Gasteiger partial charge in [0.25, 0.3) is 0 Å². The van der Waals surface area contributed by atoms with E-state index in [-0.39, 0.29) is 0 Å². The first-order valence-electron chi connectivity index (χ1n) is 9.09. The Balaban J connectivity index is 2.09. The van der Waals surface area contributed by atoms with Crippen LogP contribution in [0.3, 0.4) is 0 Å². The van der Waals surface area contributed by atoms with Crippen LogP contribution in [0.25, 0.3) is 0 Å². The van der Waals surface area contributed by atoms with E-state index in [9.17, 15) is 5.11 Å². The van der Waals surface area contributed by atoms with Gasteiger partial charge in [0, 0.05) is 38.9 Å². The van der Waals surface area contributed by atoms with E-state index in [0.717, 1.165) is 50.4 Å². The minimum Gasteiger partial charge on any atom is -0.388 e. The number of aromatic nitrogens is 2. The van der Waals surface area contributed by atoms with Crippen LogP contribution in [-0.4, -0.2) is 51.5 Å². The Kier molecular flexibility index (Phi) is 6.27. The summed E-state index contributed by atoms with van der Waals surface area (Å²) in [5.74, 6) is 1.24. The van der Waals surface area contributed by atoms with Crippen LogP contribution >= 0.6 is 0 Å². The molecule has 0 bridgehead atoms. The van der Waals surface area contributed by atoms with Gasteiger partial charge in [-0.05, 0) is 25.7 Å². The molecule has 6 heteroatoms. The molecule has 0 saturated heterocycles. The number of hydrogen-bond donors (Lipinski definition) is 2. The summed E-state index contributed by atoms with van der Waals surface area (Å²) < 4.78 is 1.88. The second-order valence-corrected chi connectivity index (χ2v) is 7.33. The third-order valence-electron chi connectivity index (χ3n) is 4.65. The van der Waals surface area contributed by atoms with Crippen LogP contribution < -0.4 is 5.32 Å². The molecule has 1 saturated carbocycles. The second-order valence-electron chi connectivity index (χ2n) is 7.33. The molecule has 1 fully saturated rings. The molecule has 6 nitrogen and oxygen atoms in total. The summed E-state index contributed by atoms with van der Waals surface area (Å²) in [6, 6.07) is 0. The number of rotatable bonds is 6. The molecule has 0 amide bonds. The monoisotopic (exact) mass is 335 g/mol. The van der Waals surface area contributed by atoms with E-state index in [1.54, 1.807) is 0 Å². The third-order valence-corrected chi connectivity index (χ3v) is 4.65. The van der Waals surface area contributed by atoms with E-state index in [1.807, 2.05) is 18.8 Å². The minimum absolute atomic E-state index is 0.397. The molecule has 0 atom stereocenters. The molecule has 1 aromatic rings. The summed E-state index contributed by atoms with van der Waals surface area (Å²) in [6.45, 7) is 8.44. The Hall–Kier alpha value is -1.56. The molecule has 2 N–H and O–H groups in total. The fraction of sp³-hybridized carbons (Fsp3) is 0.778. The number of nitrogens with zero attached hydrogens (tertiary/aromatic N) is 4. The normalized spacial score (nSPS) is 17.5. The van der Waals surface area contributed by atoms with Gasteiger partial charge in [-0.25, -0.2) is 0 Å². The molecular formula is C18H33N5O. The van der Waals surface area contributed by atoms with E-state index < -0.39 is 5.60 Å². The van der Waals surface area contributed by atoms with Gasteiger partial charge in [-0.1, -0.05) is 26.7 Å². The third kappa shape index (κ3) is 4.72. The number of nitrogens with one attached hydrogen (secondary N) is 1. The molecule has 1 aromatic heterocycles. The van der Waals surface area contributed by atoms with Crippen LogP contribution in [0.1, 0.15) is 63.6 Å². The molecule has 1 heterocycles. The van der Waals surface area contributed by atoms with Gasteiger partial charge in [0.05, 0.1) is 17.8 Å². The summed E-state index contributed by atoms with van der Waals surface area (Å²) in [4.78, 5) is 6.81. The molecule has 0 spiro atoms. The van der Waals surface area contributed by atoms with E-state index in [1.165, 1.54) is 5.56 Å². The molecule has 0 aliphatic heterocycles. The lowest BCUT2D eigenvalue weighted by atomic mass is 10.0. The van der Waals surface area contributed by atoms with Crippen molar-refractivity contribution in [3.63, 3.8) is 0 Å². The lowest BCUT2D eigenvalue weighted by Crippen LogP contribution is -2.40. The van der Waals surface area contributed by atoms with Crippen LogP contribution in [0.4, 0.5) is 0 Å². The lowest BCUT2D eigenvalue weighted by molar-refractivity contribution is 0.0572. The van der Waals surface area contributed by atoms with Crippen LogP contribution in [0, 0.1) is 0 Å². The Bertz CT molecular complexity index is 558. The molecule has 0 unspecified atom stereocenters. The molecule has 24 heavy (non-hydrogen) atoms. The predicted molar refractivity (Wildman–Crippen MR) is 98.2 cm³/mol. The zero-order valence-electron chi connectivity index (χ0n) is 15.8. The van der Waals surface area contributed by atoms with Crippen LogP contribution in [-0.2, 0) is 13.6 Å². The van der Waals surface area contributed by atoms with Gasteiger partial charge in [-0.15, -0.1) is 0 Å². The second kappa shape index (κ2) is 8.01. The number of guanidine groups is 1. The van der Waals surface area contributed by atoms with Gasteiger partial charge in [0.1, 0.15) is 0 Å². The molecule has 2 rings (SSSR count). The summed E-state index contributed by atoms with van der Waals surface area (Å²) >= 11 is 0. The number of aliphatic hydroxyl groups is 1. The van der Waals surface area contributed by atoms with Gasteiger partial charge in [-0.3, -0.25) is 9.67 Å². The van der Waals surface area contributed by atoms with Crippen molar-refractivity contribution in [2.24, 2.45) is 12.0 Å². The average Bonchev–Trinajstić information content (AvgIpc) is 3.10. The fourth-order valence-electron chi connectivity index (χ4n) is 3.38. The molecule has 0 aromatic carbocycles. The highest BCUT2D eigenvalue weighted by Crippen LogP contribution is 2.29. The first-order chi connectivity index (χ1) is 11.3. The van der Waals surface area contributed by atoms with Crippen molar-refractivity contribution in [1.82, 2.24) is 20.0 Å². The smallest absolute Gasteiger partial charge is 0.194 e. The maximum Gasteiger partial charge on any atom is 0.194 e. The quantitative estimate of drug-likeness (QED) is 0.618. The van der Waals surface area contributed by atoms with Gasteiger partial charge >= 0.3 is 0 Å². The Morgan fingerprint density at radius 3 is 2.71 bits per heavy atom. The SMILES string of the molecule is CCNC(=NCC1(O)CCCC1)N(C)Cc1cn(C)nc1C(C)C. The Morgan fingerprint density at radius 1 is 1.46 bits per heavy atom. The van der Waals surface area contributed by atoms with Crippen molar-refractivity contribution in [2.45, 2.75) is 64.5 Å². The molecular weight excluding hydrogens is 302 g/mol. The van der Waals surface area contributed by atoms with E-state index >= 15 is 0 Å². The van der Waals surface area contributed by atoms with Crippen molar-refractivity contribution in [3.8, 4) is 0 Å². The summed E-state index contributed by atoms with van der Waals surface area (Å²) in [7, 11) is 4.00. The number of hydrogen-bond acceptors (Lipinski definition) is 3. The number of aryl methyl sites for hydroxylation is 1. The largest absolute Gasteiger partial charge is 0.388 e. The van der Waals surface area contributed by atoms with Gasteiger partial charge < -0.3 is 15.3 Å². The highest BCUT2D eigenvalue weighted by atomic mass is 16.3. The molecule has 1 aliphatic carbocycles. The van der Waals surface area contributed by atoms with Crippen molar-refractivity contribution in [3.05, 3.63) is 17.5 Å². The van der Waals surface area contributed by atoms with Gasteiger partial charge in [0.2, 0.25) is 0 Å². The standard InChI is InChI=1S/C18H33N5O/c1-6-19-17(20-13-18(24)9-7-8-10-18)22(4)11-15-12-23(5)21-16(15)14(2)3/h12,14,24H,6-11,13H2,1-5H3,(H,19,20). The summed E-state index contributed by atoms with van der Waals surface area (Å²) in [5.41, 5.74) is 1.74. The first-order valence-corrected chi connectivity index (χ1v) is 9.09. The lowest BCUT2D eigenvalue weighted by Gasteiger charge is -2.25. The minimum atomic E-state index is -0.612.